The lowest BCUT2D eigenvalue weighted by Gasteiger charge is -2.11. The Kier molecular flexibility index (Phi) is 5.67. The fraction of sp³-hybridized carbons (Fsp3) is 0.235. The second-order valence-corrected chi connectivity index (χ2v) is 5.14. The van der Waals surface area contributed by atoms with Gasteiger partial charge in [-0.05, 0) is 36.2 Å². The minimum Gasteiger partial charge on any atom is -0.497 e. The van der Waals surface area contributed by atoms with Gasteiger partial charge < -0.3 is 14.8 Å². The Bertz CT molecular complexity index is 658. The highest BCUT2D eigenvalue weighted by atomic mass is 35.5. The quantitative estimate of drug-likeness (QED) is 0.888. The van der Waals surface area contributed by atoms with Crippen LogP contribution < -0.4 is 14.8 Å². The molecule has 1 N–H and O–H groups in total. The monoisotopic (exact) mass is 319 g/mol. The molecule has 0 heterocycles. The van der Waals surface area contributed by atoms with E-state index in [1.54, 1.807) is 25.3 Å². The molecule has 0 atom stereocenters. The Morgan fingerprint density at radius 3 is 2.64 bits per heavy atom. The van der Waals surface area contributed by atoms with Crippen LogP contribution in [0.4, 0.5) is 0 Å². The predicted molar refractivity (Wildman–Crippen MR) is 87.0 cm³/mol. The maximum atomic E-state index is 12.2. The third-order valence-electron chi connectivity index (χ3n) is 3.24. The molecule has 0 saturated carbocycles. The molecule has 22 heavy (non-hydrogen) atoms. The summed E-state index contributed by atoms with van der Waals surface area (Å²) in [5.74, 6) is 0.952. The molecule has 0 aromatic heterocycles. The van der Waals surface area contributed by atoms with E-state index in [0.717, 1.165) is 5.56 Å². The van der Waals surface area contributed by atoms with Gasteiger partial charge in [0.15, 0.2) is 0 Å². The van der Waals surface area contributed by atoms with E-state index in [-0.39, 0.29) is 5.91 Å². The molecule has 0 aliphatic rings. The molecule has 0 fully saturated rings. The molecule has 2 rings (SSSR count). The highest BCUT2D eigenvalue weighted by molar-refractivity contribution is 6.30. The standard InChI is InChI=1S/C17H18ClNO3/c1-21-14-6-7-15(16(11-14)22-2)17(20)19-9-8-12-4-3-5-13(18)10-12/h3-7,10-11H,8-9H2,1-2H3,(H,19,20). The van der Waals surface area contributed by atoms with Gasteiger partial charge in [-0.1, -0.05) is 23.7 Å². The molecule has 4 nitrogen and oxygen atoms in total. The average Bonchev–Trinajstić information content (AvgIpc) is 2.54. The van der Waals surface area contributed by atoms with Gasteiger partial charge in [0, 0.05) is 17.6 Å². The van der Waals surface area contributed by atoms with Crippen LogP contribution in [-0.2, 0) is 6.42 Å². The van der Waals surface area contributed by atoms with Crippen LogP contribution in [0.1, 0.15) is 15.9 Å². The number of benzene rings is 2. The fourth-order valence-electron chi connectivity index (χ4n) is 2.09. The SMILES string of the molecule is COc1ccc(C(=O)NCCc2cccc(Cl)c2)c(OC)c1. The van der Waals surface area contributed by atoms with Gasteiger partial charge in [0.2, 0.25) is 0 Å². The van der Waals surface area contributed by atoms with Crippen molar-refractivity contribution in [2.24, 2.45) is 0 Å². The Morgan fingerprint density at radius 1 is 1.14 bits per heavy atom. The molecule has 0 bridgehead atoms. The lowest BCUT2D eigenvalue weighted by molar-refractivity contribution is 0.0951. The first-order chi connectivity index (χ1) is 10.6. The van der Waals surface area contributed by atoms with Gasteiger partial charge in [-0.3, -0.25) is 4.79 Å². The number of carbonyl (C=O) groups excluding carboxylic acids is 1. The molecule has 0 aliphatic carbocycles. The van der Waals surface area contributed by atoms with Gasteiger partial charge >= 0.3 is 0 Å². The van der Waals surface area contributed by atoms with Crippen LogP contribution in [0, 0.1) is 0 Å². The lowest BCUT2D eigenvalue weighted by atomic mass is 10.1. The number of methoxy groups -OCH3 is 2. The number of ether oxygens (including phenoxy) is 2. The highest BCUT2D eigenvalue weighted by Gasteiger charge is 2.12. The van der Waals surface area contributed by atoms with Crippen molar-refractivity contribution in [2.45, 2.75) is 6.42 Å². The van der Waals surface area contributed by atoms with Gasteiger partial charge in [-0.15, -0.1) is 0 Å². The van der Waals surface area contributed by atoms with Crippen LogP contribution in [0.2, 0.25) is 5.02 Å². The molecule has 0 aliphatic heterocycles. The van der Waals surface area contributed by atoms with Crippen molar-refractivity contribution in [3.63, 3.8) is 0 Å². The summed E-state index contributed by atoms with van der Waals surface area (Å²) in [6, 6.07) is 12.7. The second kappa shape index (κ2) is 7.71. The average molecular weight is 320 g/mol. The molecule has 116 valence electrons. The normalized spacial score (nSPS) is 10.1. The van der Waals surface area contributed by atoms with E-state index in [1.807, 2.05) is 24.3 Å². The molecule has 0 unspecified atom stereocenters. The van der Waals surface area contributed by atoms with E-state index in [2.05, 4.69) is 5.32 Å². The fourth-order valence-corrected chi connectivity index (χ4v) is 2.31. The van der Waals surface area contributed by atoms with Gasteiger partial charge in [-0.25, -0.2) is 0 Å². The first-order valence-electron chi connectivity index (χ1n) is 6.88. The van der Waals surface area contributed by atoms with Crippen LogP contribution >= 0.6 is 11.6 Å². The molecular weight excluding hydrogens is 302 g/mol. The maximum Gasteiger partial charge on any atom is 0.255 e. The molecule has 5 heteroatoms. The van der Waals surface area contributed by atoms with Gasteiger partial charge in [0.05, 0.1) is 19.8 Å². The minimum atomic E-state index is -0.179. The predicted octanol–water partition coefficient (Wildman–Crippen LogP) is 3.33. The Labute approximate surface area is 135 Å². The molecule has 0 saturated heterocycles. The topological polar surface area (TPSA) is 47.6 Å². The summed E-state index contributed by atoms with van der Waals surface area (Å²) in [5, 5.41) is 3.57. The zero-order chi connectivity index (χ0) is 15.9. The first kappa shape index (κ1) is 16.2. The third kappa shape index (κ3) is 4.15. The zero-order valence-electron chi connectivity index (χ0n) is 12.6. The van der Waals surface area contributed by atoms with Crippen LogP contribution in [0.5, 0.6) is 11.5 Å². The summed E-state index contributed by atoms with van der Waals surface area (Å²) in [4.78, 5) is 12.2. The Morgan fingerprint density at radius 2 is 1.95 bits per heavy atom. The van der Waals surface area contributed by atoms with E-state index in [0.29, 0.717) is 35.1 Å². The number of amides is 1. The summed E-state index contributed by atoms with van der Waals surface area (Å²) in [5.41, 5.74) is 1.56. The number of halogens is 1. The van der Waals surface area contributed by atoms with E-state index < -0.39 is 0 Å². The van der Waals surface area contributed by atoms with Crippen molar-refractivity contribution in [1.29, 1.82) is 0 Å². The summed E-state index contributed by atoms with van der Waals surface area (Å²) in [6.07, 6.45) is 0.713. The van der Waals surface area contributed by atoms with Gasteiger partial charge in [0.1, 0.15) is 11.5 Å². The number of rotatable bonds is 6. The van der Waals surface area contributed by atoms with E-state index in [4.69, 9.17) is 21.1 Å². The van der Waals surface area contributed by atoms with E-state index in [9.17, 15) is 4.79 Å². The second-order valence-electron chi connectivity index (χ2n) is 4.70. The summed E-state index contributed by atoms with van der Waals surface area (Å²) < 4.78 is 10.3. The van der Waals surface area contributed by atoms with Crippen LogP contribution in [0.3, 0.4) is 0 Å². The van der Waals surface area contributed by atoms with Gasteiger partial charge in [-0.2, -0.15) is 0 Å². The Hall–Kier alpha value is -2.20. The van der Waals surface area contributed by atoms with Crippen molar-refractivity contribution < 1.29 is 14.3 Å². The molecule has 2 aromatic carbocycles. The van der Waals surface area contributed by atoms with Crippen molar-refractivity contribution in [3.8, 4) is 11.5 Å². The minimum absolute atomic E-state index is 0.179. The maximum absolute atomic E-state index is 12.2. The highest BCUT2D eigenvalue weighted by Crippen LogP contribution is 2.24. The summed E-state index contributed by atoms with van der Waals surface area (Å²) >= 11 is 5.93. The smallest absolute Gasteiger partial charge is 0.255 e. The van der Waals surface area contributed by atoms with E-state index >= 15 is 0 Å². The van der Waals surface area contributed by atoms with Crippen molar-refractivity contribution in [3.05, 3.63) is 58.6 Å². The number of carbonyl (C=O) groups is 1. The molecule has 1 amide bonds. The number of hydrogen-bond donors (Lipinski definition) is 1. The van der Waals surface area contributed by atoms with Crippen molar-refractivity contribution in [2.75, 3.05) is 20.8 Å². The molecule has 0 spiro atoms. The van der Waals surface area contributed by atoms with E-state index in [1.165, 1.54) is 7.11 Å². The molecule has 0 radical (unpaired) electrons. The summed E-state index contributed by atoms with van der Waals surface area (Å²) in [6.45, 7) is 0.522. The van der Waals surface area contributed by atoms with Crippen LogP contribution in [0.15, 0.2) is 42.5 Å². The lowest BCUT2D eigenvalue weighted by Crippen LogP contribution is -2.26. The third-order valence-corrected chi connectivity index (χ3v) is 3.48. The van der Waals surface area contributed by atoms with Crippen molar-refractivity contribution in [1.82, 2.24) is 5.32 Å². The van der Waals surface area contributed by atoms with Crippen LogP contribution in [0.25, 0.3) is 0 Å². The zero-order valence-corrected chi connectivity index (χ0v) is 13.3. The first-order valence-corrected chi connectivity index (χ1v) is 7.26. The molecular formula is C17H18ClNO3. The largest absolute Gasteiger partial charge is 0.497 e. The number of hydrogen-bond acceptors (Lipinski definition) is 3. The summed E-state index contributed by atoms with van der Waals surface area (Å²) in [7, 11) is 3.09. The Balaban J connectivity index is 1.97. The van der Waals surface area contributed by atoms with Crippen molar-refractivity contribution >= 4 is 17.5 Å². The van der Waals surface area contributed by atoms with Crippen LogP contribution in [-0.4, -0.2) is 26.7 Å². The molecule has 2 aromatic rings. The number of nitrogens with one attached hydrogen (secondary N) is 1. The van der Waals surface area contributed by atoms with Gasteiger partial charge in [0.25, 0.3) is 5.91 Å².